The van der Waals surface area contributed by atoms with Gasteiger partial charge in [-0.1, -0.05) is 30.3 Å². The minimum atomic E-state index is -0.651. The lowest BCUT2D eigenvalue weighted by Crippen LogP contribution is -2.26. The van der Waals surface area contributed by atoms with Crippen LogP contribution in [0.15, 0.2) is 54.6 Å². The number of nitrogens with zero attached hydrogens (tertiary/aromatic N) is 1. The van der Waals surface area contributed by atoms with Gasteiger partial charge in [0.2, 0.25) is 5.88 Å². The van der Waals surface area contributed by atoms with E-state index in [4.69, 9.17) is 9.47 Å². The van der Waals surface area contributed by atoms with Gasteiger partial charge in [-0.05, 0) is 38.5 Å². The summed E-state index contributed by atoms with van der Waals surface area (Å²) in [6.07, 6.45) is -0.625. The highest BCUT2D eigenvalue weighted by Gasteiger charge is 2.22. The number of hydrogen-bond donors (Lipinski definition) is 1. The van der Waals surface area contributed by atoms with E-state index < -0.39 is 11.7 Å². The van der Waals surface area contributed by atoms with Crippen LogP contribution in [0.3, 0.4) is 0 Å². The lowest BCUT2D eigenvalue weighted by Gasteiger charge is -2.20. The van der Waals surface area contributed by atoms with Crippen molar-refractivity contribution in [3.8, 4) is 11.6 Å². The van der Waals surface area contributed by atoms with E-state index in [1.54, 1.807) is 32.9 Å². The van der Waals surface area contributed by atoms with E-state index in [2.05, 4.69) is 0 Å². The summed E-state index contributed by atoms with van der Waals surface area (Å²) in [6, 6.07) is 16.7. The minimum absolute atomic E-state index is 0.163. The van der Waals surface area contributed by atoms with Crippen molar-refractivity contribution in [2.24, 2.45) is 0 Å². The first-order valence-electron chi connectivity index (χ1n) is 8.08. The first-order chi connectivity index (χ1) is 11.8. The summed E-state index contributed by atoms with van der Waals surface area (Å²) in [5.41, 5.74) is 0.937. The van der Waals surface area contributed by atoms with Crippen LogP contribution in [0, 0.1) is 0 Å². The molecule has 0 spiro atoms. The Hall–Kier alpha value is -2.95. The molecule has 0 atom stereocenters. The molecule has 1 heterocycles. The van der Waals surface area contributed by atoms with Crippen molar-refractivity contribution in [1.82, 2.24) is 4.57 Å². The highest BCUT2D eigenvalue weighted by molar-refractivity contribution is 5.92. The van der Waals surface area contributed by atoms with Gasteiger partial charge in [0.1, 0.15) is 18.0 Å². The highest BCUT2D eigenvalue weighted by atomic mass is 16.6. The summed E-state index contributed by atoms with van der Waals surface area (Å²) in [7, 11) is 0. The largest absolute Gasteiger partial charge is 0.494 e. The zero-order chi connectivity index (χ0) is 18.0. The molecule has 0 saturated heterocycles. The number of rotatable bonds is 3. The van der Waals surface area contributed by atoms with E-state index in [1.807, 2.05) is 36.4 Å². The van der Waals surface area contributed by atoms with Crippen molar-refractivity contribution in [3.05, 3.63) is 60.2 Å². The molecule has 0 fully saturated rings. The summed E-state index contributed by atoms with van der Waals surface area (Å²) < 4.78 is 12.3. The zero-order valence-electron chi connectivity index (χ0n) is 14.5. The third kappa shape index (κ3) is 3.94. The van der Waals surface area contributed by atoms with Gasteiger partial charge in [0.25, 0.3) is 0 Å². The van der Waals surface area contributed by atoms with Crippen LogP contribution in [-0.4, -0.2) is 21.4 Å². The molecule has 0 aliphatic carbocycles. The fourth-order valence-electron chi connectivity index (χ4n) is 2.50. The van der Waals surface area contributed by atoms with Gasteiger partial charge in [-0.15, -0.1) is 0 Å². The Morgan fingerprint density at radius 2 is 1.80 bits per heavy atom. The summed E-state index contributed by atoms with van der Waals surface area (Å²) in [5.74, 6) is 0.448. The molecule has 0 aliphatic heterocycles. The van der Waals surface area contributed by atoms with Gasteiger partial charge >= 0.3 is 6.09 Å². The van der Waals surface area contributed by atoms with Gasteiger partial charge < -0.3 is 14.6 Å². The summed E-state index contributed by atoms with van der Waals surface area (Å²) in [5, 5.41) is 10.9. The number of aromatic hydroxyl groups is 1. The molecular formula is C20H21NO4. The molecular weight excluding hydrogens is 318 g/mol. The molecule has 0 amide bonds. The van der Waals surface area contributed by atoms with Gasteiger partial charge in [-0.2, -0.15) is 0 Å². The molecule has 5 nitrogen and oxygen atoms in total. The van der Waals surface area contributed by atoms with Crippen LogP contribution in [0.5, 0.6) is 11.6 Å². The lowest BCUT2D eigenvalue weighted by atomic mass is 10.2. The smallest absolute Gasteiger partial charge is 0.421 e. The Balaban J connectivity index is 1.88. The highest BCUT2D eigenvalue weighted by Crippen LogP contribution is 2.29. The molecule has 5 heteroatoms. The maximum atomic E-state index is 12.4. The Morgan fingerprint density at radius 1 is 1.08 bits per heavy atom. The third-order valence-electron chi connectivity index (χ3n) is 3.58. The molecule has 1 N–H and O–H groups in total. The lowest BCUT2D eigenvalue weighted by molar-refractivity contribution is 0.0533. The van der Waals surface area contributed by atoms with E-state index >= 15 is 0 Å². The van der Waals surface area contributed by atoms with Crippen LogP contribution in [0.4, 0.5) is 4.79 Å². The first kappa shape index (κ1) is 16.9. The number of carbonyl (C=O) groups is 1. The number of fused-ring (bicyclic) bond motifs is 1. The van der Waals surface area contributed by atoms with Crippen molar-refractivity contribution >= 4 is 17.0 Å². The normalized spacial score (nSPS) is 11.5. The molecule has 3 rings (SSSR count). The quantitative estimate of drug-likeness (QED) is 0.751. The molecule has 130 valence electrons. The molecule has 0 bridgehead atoms. The van der Waals surface area contributed by atoms with Crippen LogP contribution in [0.25, 0.3) is 10.9 Å². The van der Waals surface area contributed by atoms with Crippen molar-refractivity contribution in [1.29, 1.82) is 0 Å². The summed E-state index contributed by atoms with van der Waals surface area (Å²) in [6.45, 7) is 5.76. The second-order valence-corrected chi connectivity index (χ2v) is 6.81. The van der Waals surface area contributed by atoms with Crippen molar-refractivity contribution < 1.29 is 19.4 Å². The van der Waals surface area contributed by atoms with Crippen molar-refractivity contribution in [2.75, 3.05) is 0 Å². The molecule has 0 radical (unpaired) electrons. The topological polar surface area (TPSA) is 60.7 Å². The summed E-state index contributed by atoms with van der Waals surface area (Å²) >= 11 is 0. The van der Waals surface area contributed by atoms with Gasteiger partial charge in [-0.25, -0.2) is 9.36 Å². The number of ether oxygens (including phenoxy) is 2. The van der Waals surface area contributed by atoms with Crippen LogP contribution in [0.1, 0.15) is 26.3 Å². The molecule has 0 saturated carbocycles. The Bertz CT molecular complexity index is 891. The van der Waals surface area contributed by atoms with Gasteiger partial charge in [0.05, 0.1) is 5.52 Å². The average molecular weight is 339 g/mol. The fraction of sp³-hybridized carbons (Fsp3) is 0.250. The van der Waals surface area contributed by atoms with Crippen LogP contribution < -0.4 is 4.74 Å². The molecule has 0 unspecified atom stereocenters. The molecule has 25 heavy (non-hydrogen) atoms. The second-order valence-electron chi connectivity index (χ2n) is 6.81. The zero-order valence-corrected chi connectivity index (χ0v) is 14.5. The van der Waals surface area contributed by atoms with Gasteiger partial charge in [-0.3, -0.25) is 0 Å². The van der Waals surface area contributed by atoms with Crippen molar-refractivity contribution in [3.63, 3.8) is 0 Å². The maximum Gasteiger partial charge on any atom is 0.421 e. The predicted octanol–water partition coefficient (Wildman–Crippen LogP) is 4.71. The predicted molar refractivity (Wildman–Crippen MR) is 96.0 cm³/mol. The molecule has 3 aromatic rings. The van der Waals surface area contributed by atoms with Crippen LogP contribution >= 0.6 is 0 Å². The molecule has 0 aliphatic rings. The molecule has 1 aromatic heterocycles. The monoisotopic (exact) mass is 339 g/mol. The average Bonchev–Trinajstić information content (AvgIpc) is 2.87. The Labute approximate surface area is 146 Å². The number of hydrogen-bond acceptors (Lipinski definition) is 4. The third-order valence-corrected chi connectivity index (χ3v) is 3.58. The molecule has 2 aromatic carbocycles. The SMILES string of the molecule is CC(C)(C)OC(=O)n1c(O)cc2ccc(OCc3ccccc3)cc21. The Kier molecular flexibility index (Phi) is 4.40. The maximum absolute atomic E-state index is 12.4. The second kappa shape index (κ2) is 6.51. The van der Waals surface area contributed by atoms with Crippen LogP contribution in [-0.2, 0) is 11.3 Å². The van der Waals surface area contributed by atoms with Crippen LogP contribution in [0.2, 0.25) is 0 Å². The summed E-state index contributed by atoms with van der Waals surface area (Å²) in [4.78, 5) is 12.4. The standard InChI is InChI=1S/C20H21NO4/c1-20(2,3)25-19(23)21-17-12-16(10-9-15(17)11-18(21)22)24-13-14-7-5-4-6-8-14/h4-12,22H,13H2,1-3H3. The van der Waals surface area contributed by atoms with E-state index in [-0.39, 0.29) is 5.88 Å². The van der Waals surface area contributed by atoms with E-state index in [0.29, 0.717) is 17.9 Å². The van der Waals surface area contributed by atoms with Gasteiger partial charge in [0.15, 0.2) is 0 Å². The number of aromatic nitrogens is 1. The van der Waals surface area contributed by atoms with E-state index in [9.17, 15) is 9.90 Å². The number of benzene rings is 2. The van der Waals surface area contributed by atoms with Gasteiger partial charge in [0, 0.05) is 17.5 Å². The van der Waals surface area contributed by atoms with Crippen molar-refractivity contribution in [2.45, 2.75) is 33.0 Å². The van der Waals surface area contributed by atoms with E-state index in [0.717, 1.165) is 15.5 Å². The number of carbonyl (C=O) groups excluding carboxylic acids is 1. The Morgan fingerprint density at radius 3 is 2.48 bits per heavy atom. The first-order valence-corrected chi connectivity index (χ1v) is 8.08. The fourth-order valence-corrected chi connectivity index (χ4v) is 2.50. The minimum Gasteiger partial charge on any atom is -0.494 e. The van der Waals surface area contributed by atoms with E-state index in [1.165, 1.54) is 6.07 Å².